The molecule has 0 aliphatic rings. The van der Waals surface area contributed by atoms with Gasteiger partial charge in [-0.3, -0.25) is 0 Å². The molecule has 1 heterocycles. The van der Waals surface area contributed by atoms with Gasteiger partial charge < -0.3 is 10.0 Å². The molecular weight excluding hydrogens is 232 g/mol. The molecule has 0 bridgehead atoms. The first-order valence-corrected chi connectivity index (χ1v) is 7.28. The molecule has 0 radical (unpaired) electrons. The number of aliphatic hydroxyl groups is 1. The molecule has 0 atom stereocenters. The van der Waals surface area contributed by atoms with Crippen molar-refractivity contribution in [1.29, 1.82) is 0 Å². The number of aromatic nitrogens is 1. The van der Waals surface area contributed by atoms with E-state index in [0.29, 0.717) is 5.92 Å². The number of thiazole rings is 1. The van der Waals surface area contributed by atoms with E-state index in [0.717, 1.165) is 41.6 Å². The highest BCUT2D eigenvalue weighted by Gasteiger charge is 2.15. The summed E-state index contributed by atoms with van der Waals surface area (Å²) >= 11 is 1.64. The maximum atomic E-state index is 9.35. The summed E-state index contributed by atoms with van der Waals surface area (Å²) in [5.74, 6) is 0.631. The van der Waals surface area contributed by atoms with Crippen LogP contribution in [-0.2, 0) is 13.0 Å². The maximum absolute atomic E-state index is 9.35. The van der Waals surface area contributed by atoms with Crippen molar-refractivity contribution in [1.82, 2.24) is 4.98 Å². The minimum Gasteiger partial charge on any atom is -0.391 e. The van der Waals surface area contributed by atoms with Crippen LogP contribution < -0.4 is 4.90 Å². The third-order valence-electron chi connectivity index (χ3n) is 2.64. The smallest absolute Gasteiger partial charge is 0.185 e. The maximum Gasteiger partial charge on any atom is 0.185 e. The van der Waals surface area contributed by atoms with Crippen LogP contribution in [0.25, 0.3) is 0 Å². The summed E-state index contributed by atoms with van der Waals surface area (Å²) in [5.41, 5.74) is 1.08. The second kappa shape index (κ2) is 6.97. The average molecular weight is 256 g/mol. The van der Waals surface area contributed by atoms with Crippen molar-refractivity contribution in [2.24, 2.45) is 5.92 Å². The molecule has 0 unspecified atom stereocenters. The Kier molecular flexibility index (Phi) is 5.92. The lowest BCUT2D eigenvalue weighted by molar-refractivity contribution is 0.284. The zero-order valence-electron chi connectivity index (χ0n) is 11.4. The molecule has 0 aliphatic carbocycles. The zero-order valence-corrected chi connectivity index (χ0v) is 12.2. The number of aliphatic hydroxyl groups excluding tert-OH is 1. The highest BCUT2D eigenvalue weighted by Crippen LogP contribution is 2.27. The summed E-state index contributed by atoms with van der Waals surface area (Å²) < 4.78 is 0. The van der Waals surface area contributed by atoms with Crippen molar-refractivity contribution in [2.45, 2.75) is 47.1 Å². The van der Waals surface area contributed by atoms with Crippen LogP contribution >= 0.6 is 11.3 Å². The molecule has 1 aromatic heterocycles. The Labute approximate surface area is 108 Å². The minimum absolute atomic E-state index is 0.117. The summed E-state index contributed by atoms with van der Waals surface area (Å²) in [4.78, 5) is 8.01. The fraction of sp³-hybridized carbons (Fsp3) is 0.769. The number of hydrogen-bond acceptors (Lipinski definition) is 4. The monoisotopic (exact) mass is 256 g/mol. The van der Waals surface area contributed by atoms with Crippen LogP contribution in [0.15, 0.2) is 0 Å². The highest BCUT2D eigenvalue weighted by molar-refractivity contribution is 7.15. The van der Waals surface area contributed by atoms with Crippen LogP contribution in [0.5, 0.6) is 0 Å². The third-order valence-corrected chi connectivity index (χ3v) is 3.78. The van der Waals surface area contributed by atoms with Gasteiger partial charge in [-0.2, -0.15) is 0 Å². The molecule has 0 aliphatic heterocycles. The normalized spacial score (nSPS) is 11.2. The lowest BCUT2D eigenvalue weighted by atomic mass is 10.2. The molecule has 0 fully saturated rings. The molecule has 4 heteroatoms. The molecule has 0 amide bonds. The average Bonchev–Trinajstić information content (AvgIpc) is 2.69. The summed E-state index contributed by atoms with van der Waals surface area (Å²) in [7, 11) is 0. The van der Waals surface area contributed by atoms with Gasteiger partial charge in [0.25, 0.3) is 0 Å². The minimum atomic E-state index is 0.117. The summed E-state index contributed by atoms with van der Waals surface area (Å²) in [6.07, 6.45) is 2.04. The van der Waals surface area contributed by atoms with E-state index < -0.39 is 0 Å². The predicted molar refractivity (Wildman–Crippen MR) is 74.8 cm³/mol. The summed E-state index contributed by atoms with van der Waals surface area (Å²) in [5, 5.41) is 10.4. The number of rotatable bonds is 7. The largest absolute Gasteiger partial charge is 0.391 e. The van der Waals surface area contributed by atoms with Gasteiger partial charge in [-0.15, -0.1) is 0 Å². The molecular formula is C13H24N2OS. The molecule has 0 spiro atoms. The first kappa shape index (κ1) is 14.5. The Balaban J connectivity index is 2.88. The summed E-state index contributed by atoms with van der Waals surface area (Å²) in [6, 6.07) is 0. The van der Waals surface area contributed by atoms with Crippen LogP contribution in [0.2, 0.25) is 0 Å². The lowest BCUT2D eigenvalue weighted by Crippen LogP contribution is -2.27. The fourth-order valence-electron chi connectivity index (χ4n) is 1.84. The van der Waals surface area contributed by atoms with Crippen LogP contribution in [0.1, 0.15) is 44.7 Å². The van der Waals surface area contributed by atoms with Gasteiger partial charge in [-0.25, -0.2) is 4.98 Å². The van der Waals surface area contributed by atoms with E-state index in [4.69, 9.17) is 0 Å². The Morgan fingerprint density at radius 2 is 2.06 bits per heavy atom. The second-order valence-corrected chi connectivity index (χ2v) is 5.77. The highest BCUT2D eigenvalue weighted by atomic mass is 32.1. The zero-order chi connectivity index (χ0) is 12.8. The van der Waals surface area contributed by atoms with E-state index in [1.807, 2.05) is 0 Å². The van der Waals surface area contributed by atoms with Crippen molar-refractivity contribution < 1.29 is 5.11 Å². The summed E-state index contributed by atoms with van der Waals surface area (Å²) in [6.45, 7) is 10.9. The van der Waals surface area contributed by atoms with E-state index in [-0.39, 0.29) is 6.61 Å². The van der Waals surface area contributed by atoms with E-state index in [1.54, 1.807) is 11.3 Å². The van der Waals surface area contributed by atoms with E-state index in [9.17, 15) is 5.11 Å². The molecule has 0 saturated carbocycles. The number of hydrogen-bond donors (Lipinski definition) is 1. The van der Waals surface area contributed by atoms with Crippen molar-refractivity contribution >= 4 is 16.5 Å². The van der Waals surface area contributed by atoms with Crippen LogP contribution in [0.4, 0.5) is 5.13 Å². The van der Waals surface area contributed by atoms with Gasteiger partial charge >= 0.3 is 0 Å². The van der Waals surface area contributed by atoms with Crippen LogP contribution in [0.3, 0.4) is 0 Å². The molecule has 1 rings (SSSR count). The van der Waals surface area contributed by atoms with Gasteiger partial charge in [0.15, 0.2) is 5.13 Å². The molecule has 98 valence electrons. The quantitative estimate of drug-likeness (QED) is 0.814. The SMILES string of the molecule is CCCc1nc(N(CC)CC(C)C)sc1CO. The van der Waals surface area contributed by atoms with Crippen molar-refractivity contribution in [3.8, 4) is 0 Å². The number of anilines is 1. The standard InChI is InChI=1S/C13H24N2OS/c1-5-7-11-12(9-16)17-13(14-11)15(6-2)8-10(3)4/h10,16H,5-9H2,1-4H3. The van der Waals surface area contributed by atoms with Crippen molar-refractivity contribution in [3.63, 3.8) is 0 Å². The number of aryl methyl sites for hydroxylation is 1. The van der Waals surface area contributed by atoms with Gasteiger partial charge in [0.1, 0.15) is 0 Å². The second-order valence-electron chi connectivity index (χ2n) is 4.71. The Hall–Kier alpha value is -0.610. The predicted octanol–water partition coefficient (Wildman–Crippen LogP) is 3.07. The van der Waals surface area contributed by atoms with Gasteiger partial charge in [-0.05, 0) is 19.3 Å². The topological polar surface area (TPSA) is 36.4 Å². The Morgan fingerprint density at radius 1 is 1.35 bits per heavy atom. The number of nitrogens with zero attached hydrogens (tertiary/aromatic N) is 2. The van der Waals surface area contributed by atoms with Crippen LogP contribution in [-0.4, -0.2) is 23.2 Å². The van der Waals surface area contributed by atoms with E-state index in [2.05, 4.69) is 37.6 Å². The third kappa shape index (κ3) is 3.96. The molecule has 1 aromatic rings. The van der Waals surface area contributed by atoms with Crippen LogP contribution in [0, 0.1) is 5.92 Å². The molecule has 1 N–H and O–H groups in total. The molecule has 0 saturated heterocycles. The Bertz CT molecular complexity index is 336. The van der Waals surface area contributed by atoms with Gasteiger partial charge in [-0.1, -0.05) is 38.5 Å². The van der Waals surface area contributed by atoms with Crippen molar-refractivity contribution in [3.05, 3.63) is 10.6 Å². The van der Waals surface area contributed by atoms with Crippen molar-refractivity contribution in [2.75, 3.05) is 18.0 Å². The van der Waals surface area contributed by atoms with E-state index in [1.165, 1.54) is 0 Å². The first-order valence-electron chi connectivity index (χ1n) is 6.46. The Morgan fingerprint density at radius 3 is 2.53 bits per heavy atom. The van der Waals surface area contributed by atoms with Gasteiger partial charge in [0, 0.05) is 13.1 Å². The molecule has 0 aromatic carbocycles. The van der Waals surface area contributed by atoms with Gasteiger partial charge in [0.2, 0.25) is 0 Å². The van der Waals surface area contributed by atoms with E-state index >= 15 is 0 Å². The molecule has 3 nitrogen and oxygen atoms in total. The fourth-order valence-corrected chi connectivity index (χ4v) is 2.88. The molecule has 17 heavy (non-hydrogen) atoms. The lowest BCUT2D eigenvalue weighted by Gasteiger charge is -2.21. The van der Waals surface area contributed by atoms with Gasteiger partial charge in [0.05, 0.1) is 17.2 Å². The first-order chi connectivity index (χ1) is 8.12.